The Hall–Kier alpha value is -4.14. The van der Waals surface area contributed by atoms with Crippen LogP contribution in [0.2, 0.25) is 0 Å². The zero-order valence-corrected chi connectivity index (χ0v) is 16.4. The van der Waals surface area contributed by atoms with E-state index >= 15 is 0 Å². The van der Waals surface area contributed by atoms with Gasteiger partial charge in [0.2, 0.25) is 0 Å². The number of benzene rings is 2. The molecule has 150 valence electrons. The zero-order chi connectivity index (χ0) is 20.9. The van der Waals surface area contributed by atoms with Crippen molar-refractivity contribution in [2.45, 2.75) is 19.9 Å². The maximum absolute atomic E-state index is 12.5. The Balaban J connectivity index is 1.60. The Morgan fingerprint density at radius 1 is 1.03 bits per heavy atom. The molecule has 30 heavy (non-hydrogen) atoms. The number of carbonyl (C=O) groups is 1. The van der Waals surface area contributed by atoms with E-state index in [9.17, 15) is 4.79 Å². The first-order chi connectivity index (χ1) is 14.6. The summed E-state index contributed by atoms with van der Waals surface area (Å²) in [5.41, 5.74) is 4.51. The minimum atomic E-state index is -0.581. The molecule has 0 fully saturated rings. The van der Waals surface area contributed by atoms with Gasteiger partial charge in [-0.1, -0.05) is 29.8 Å². The fourth-order valence-electron chi connectivity index (χ4n) is 2.92. The van der Waals surface area contributed by atoms with Crippen molar-refractivity contribution in [1.29, 1.82) is 0 Å². The number of hydrogen-bond acceptors (Lipinski definition) is 7. The van der Waals surface area contributed by atoms with Gasteiger partial charge in [0.05, 0.1) is 17.9 Å². The molecule has 9 heteroatoms. The van der Waals surface area contributed by atoms with Gasteiger partial charge >= 0.3 is 6.09 Å². The predicted molar refractivity (Wildman–Crippen MR) is 109 cm³/mol. The van der Waals surface area contributed by atoms with E-state index in [2.05, 4.69) is 31.0 Å². The van der Waals surface area contributed by atoms with Crippen LogP contribution in [0, 0.1) is 6.92 Å². The predicted octanol–water partition coefficient (Wildman–Crippen LogP) is 3.28. The van der Waals surface area contributed by atoms with Gasteiger partial charge in [-0.3, -0.25) is 0 Å². The van der Waals surface area contributed by atoms with Gasteiger partial charge in [0, 0.05) is 12.3 Å². The zero-order valence-electron chi connectivity index (χ0n) is 16.4. The van der Waals surface area contributed by atoms with Crippen molar-refractivity contribution < 1.29 is 9.53 Å². The van der Waals surface area contributed by atoms with Crippen LogP contribution in [0.3, 0.4) is 0 Å². The lowest BCUT2D eigenvalue weighted by atomic mass is 10.0. The van der Waals surface area contributed by atoms with Crippen molar-refractivity contribution in [2.24, 2.45) is 0 Å². The summed E-state index contributed by atoms with van der Waals surface area (Å²) in [5.74, 6) is 0.371. The van der Waals surface area contributed by atoms with Crippen molar-refractivity contribution in [2.75, 3.05) is 0 Å². The normalized spacial score (nSPS) is 11.7. The molecule has 2 aromatic heterocycles. The van der Waals surface area contributed by atoms with E-state index in [0.717, 1.165) is 22.3 Å². The Morgan fingerprint density at radius 3 is 2.57 bits per heavy atom. The van der Waals surface area contributed by atoms with E-state index in [1.165, 1.54) is 11.0 Å². The summed E-state index contributed by atoms with van der Waals surface area (Å²) in [6.07, 6.45) is 4.07. The molecule has 1 amide bonds. The number of nitrogens with one attached hydrogen (secondary N) is 1. The standard InChI is InChI=1S/C21H19N7O2/c1-14-3-5-16(6-4-14)18-9-19(28-13-24-26-27-28)11-20(10-18)30-21(29)25-15(2)17-7-8-22-23-12-17/h3-13,15H,1-2H3,(H,25,29). The molecular formula is C21H19N7O2. The summed E-state index contributed by atoms with van der Waals surface area (Å²) in [6, 6.07) is 15.0. The third-order valence-electron chi connectivity index (χ3n) is 4.54. The van der Waals surface area contributed by atoms with Crippen LogP contribution in [0.1, 0.15) is 24.1 Å². The molecule has 0 aliphatic heterocycles. The van der Waals surface area contributed by atoms with Crippen molar-refractivity contribution in [3.63, 3.8) is 0 Å². The molecule has 0 spiro atoms. The Morgan fingerprint density at radius 2 is 1.87 bits per heavy atom. The van der Waals surface area contributed by atoms with Crippen LogP contribution in [0.25, 0.3) is 16.8 Å². The van der Waals surface area contributed by atoms with Crippen LogP contribution in [0.4, 0.5) is 4.79 Å². The number of carbonyl (C=O) groups excluding carboxylic acids is 1. The summed E-state index contributed by atoms with van der Waals surface area (Å²) in [4.78, 5) is 12.5. The fraction of sp³-hybridized carbons (Fsp3) is 0.143. The fourth-order valence-corrected chi connectivity index (χ4v) is 2.92. The van der Waals surface area contributed by atoms with Crippen LogP contribution in [0.15, 0.2) is 67.3 Å². The highest BCUT2D eigenvalue weighted by atomic mass is 16.6. The molecule has 0 radical (unpaired) electrons. The Kier molecular flexibility index (Phi) is 5.42. The number of aromatic nitrogens is 6. The van der Waals surface area contributed by atoms with E-state index in [0.29, 0.717) is 11.4 Å². The first kappa shape index (κ1) is 19.2. The molecule has 1 N–H and O–H groups in total. The second kappa shape index (κ2) is 8.48. The second-order valence-corrected chi connectivity index (χ2v) is 6.77. The van der Waals surface area contributed by atoms with Gasteiger partial charge in [-0.05, 0) is 59.2 Å². The van der Waals surface area contributed by atoms with E-state index in [1.54, 1.807) is 30.6 Å². The van der Waals surface area contributed by atoms with Gasteiger partial charge in [0.1, 0.15) is 12.1 Å². The third kappa shape index (κ3) is 4.46. The number of rotatable bonds is 5. The van der Waals surface area contributed by atoms with Gasteiger partial charge in [-0.25, -0.2) is 9.48 Å². The first-order valence-electron chi connectivity index (χ1n) is 9.29. The monoisotopic (exact) mass is 401 g/mol. The number of tetrazole rings is 1. The van der Waals surface area contributed by atoms with Gasteiger partial charge in [-0.15, -0.1) is 5.10 Å². The van der Waals surface area contributed by atoms with E-state index < -0.39 is 6.09 Å². The largest absolute Gasteiger partial charge is 0.413 e. The minimum absolute atomic E-state index is 0.285. The average Bonchev–Trinajstić information content (AvgIpc) is 3.29. The van der Waals surface area contributed by atoms with Crippen LogP contribution in [0.5, 0.6) is 5.75 Å². The molecule has 0 saturated carbocycles. The van der Waals surface area contributed by atoms with Crippen molar-refractivity contribution in [3.8, 4) is 22.6 Å². The Bertz CT molecular complexity index is 1130. The molecule has 4 aromatic rings. The van der Waals surface area contributed by atoms with Gasteiger partial charge in [0.25, 0.3) is 0 Å². The van der Waals surface area contributed by atoms with E-state index in [-0.39, 0.29) is 6.04 Å². The summed E-state index contributed by atoms with van der Waals surface area (Å²) in [5, 5.41) is 21.6. The molecule has 0 bridgehead atoms. The smallest absolute Gasteiger partial charge is 0.410 e. The summed E-state index contributed by atoms with van der Waals surface area (Å²) in [6.45, 7) is 3.87. The van der Waals surface area contributed by atoms with Crippen molar-refractivity contribution >= 4 is 6.09 Å². The molecule has 0 aliphatic carbocycles. The number of nitrogens with zero attached hydrogens (tertiary/aromatic N) is 6. The number of amides is 1. The van der Waals surface area contributed by atoms with Crippen LogP contribution < -0.4 is 10.1 Å². The molecule has 1 atom stereocenters. The lowest BCUT2D eigenvalue weighted by Gasteiger charge is -2.15. The lowest BCUT2D eigenvalue weighted by molar-refractivity contribution is 0.197. The third-order valence-corrected chi connectivity index (χ3v) is 4.54. The number of hydrogen-bond donors (Lipinski definition) is 1. The molecule has 2 aromatic carbocycles. The molecule has 0 aliphatic rings. The molecule has 9 nitrogen and oxygen atoms in total. The highest BCUT2D eigenvalue weighted by molar-refractivity contribution is 5.74. The van der Waals surface area contributed by atoms with Crippen molar-refractivity contribution in [1.82, 2.24) is 35.7 Å². The van der Waals surface area contributed by atoms with Gasteiger partial charge in [0.15, 0.2) is 0 Å². The van der Waals surface area contributed by atoms with Gasteiger partial charge in [-0.2, -0.15) is 10.2 Å². The highest BCUT2D eigenvalue weighted by Crippen LogP contribution is 2.28. The molecule has 1 unspecified atom stereocenters. The van der Waals surface area contributed by atoms with E-state index in [4.69, 9.17) is 4.74 Å². The van der Waals surface area contributed by atoms with Crippen LogP contribution in [-0.2, 0) is 0 Å². The summed E-state index contributed by atoms with van der Waals surface area (Å²) >= 11 is 0. The maximum Gasteiger partial charge on any atom is 0.413 e. The summed E-state index contributed by atoms with van der Waals surface area (Å²) in [7, 11) is 0. The quantitative estimate of drug-likeness (QED) is 0.547. The second-order valence-electron chi connectivity index (χ2n) is 6.77. The van der Waals surface area contributed by atoms with Crippen molar-refractivity contribution in [3.05, 3.63) is 78.4 Å². The lowest BCUT2D eigenvalue weighted by Crippen LogP contribution is -2.29. The van der Waals surface area contributed by atoms with Crippen LogP contribution in [-0.4, -0.2) is 36.5 Å². The molecule has 2 heterocycles. The Labute approximate surface area is 172 Å². The summed E-state index contributed by atoms with van der Waals surface area (Å²) < 4.78 is 7.07. The molecule has 4 rings (SSSR count). The van der Waals surface area contributed by atoms with Crippen LogP contribution >= 0.6 is 0 Å². The maximum atomic E-state index is 12.5. The SMILES string of the molecule is Cc1ccc(-c2cc(OC(=O)NC(C)c3ccnnc3)cc(-n3cnnn3)c2)cc1. The number of ether oxygens (including phenoxy) is 1. The van der Waals surface area contributed by atoms with Gasteiger partial charge < -0.3 is 10.1 Å². The molecule has 0 saturated heterocycles. The number of aryl methyl sites for hydroxylation is 1. The van der Waals surface area contributed by atoms with E-state index in [1.807, 2.05) is 44.2 Å². The minimum Gasteiger partial charge on any atom is -0.410 e. The average molecular weight is 401 g/mol. The topological polar surface area (TPSA) is 108 Å². The first-order valence-corrected chi connectivity index (χ1v) is 9.29. The molecular weight excluding hydrogens is 382 g/mol. The highest BCUT2D eigenvalue weighted by Gasteiger charge is 2.14.